The quantitative estimate of drug-likeness (QED) is 0.180. The van der Waals surface area contributed by atoms with Gasteiger partial charge in [-0.05, 0) is 41.8 Å². The lowest BCUT2D eigenvalue weighted by Crippen LogP contribution is -2.31. The second-order valence-corrected chi connectivity index (χ2v) is 8.94. The number of ether oxygens (including phenoxy) is 2. The van der Waals surface area contributed by atoms with Crippen LogP contribution in [0.15, 0.2) is 53.7 Å². The summed E-state index contributed by atoms with van der Waals surface area (Å²) in [6.07, 6.45) is 1.94. The molecular formula is C27H37N7O4. The van der Waals surface area contributed by atoms with Crippen molar-refractivity contribution in [1.29, 1.82) is 0 Å². The minimum Gasteiger partial charge on any atom is -0.389 e. The Hall–Kier alpha value is -3.70. The highest BCUT2D eigenvalue weighted by molar-refractivity contribution is 6.10. The molecule has 1 amide bonds. The number of hydrogen-bond acceptors (Lipinski definition) is 9. The zero-order chi connectivity index (χ0) is 27.3. The van der Waals surface area contributed by atoms with Gasteiger partial charge in [0.25, 0.3) is 0 Å². The fourth-order valence-electron chi connectivity index (χ4n) is 4.13. The third-order valence-corrected chi connectivity index (χ3v) is 6.11. The molecule has 11 heteroatoms. The first-order valence-electron chi connectivity index (χ1n) is 12.9. The lowest BCUT2D eigenvalue weighted by molar-refractivity contribution is -0.137. The molecule has 0 fully saturated rings. The largest absolute Gasteiger partial charge is 0.389 e. The lowest BCUT2D eigenvalue weighted by atomic mass is 9.86. The highest BCUT2D eigenvalue weighted by Gasteiger charge is 2.27. The van der Waals surface area contributed by atoms with Crippen molar-refractivity contribution in [2.75, 3.05) is 19.0 Å². The Labute approximate surface area is 223 Å². The van der Waals surface area contributed by atoms with Gasteiger partial charge in [-0.1, -0.05) is 61.8 Å². The van der Waals surface area contributed by atoms with E-state index in [1.54, 1.807) is 20.2 Å². The molecular weight excluding hydrogens is 486 g/mol. The number of anilines is 1. The van der Waals surface area contributed by atoms with E-state index >= 15 is 0 Å². The number of nitrogens with one attached hydrogen (secondary N) is 1. The number of rotatable bonds is 15. The SMILES string of the molecule is CCCC(C(=O)Nc1cccc(CON=C(c2ccccc2)c2nnnn2C)n1)C(C)CC(OC)OCC. The Kier molecular flexibility index (Phi) is 11.3. The van der Waals surface area contributed by atoms with Crippen molar-refractivity contribution in [3.8, 4) is 0 Å². The molecule has 3 unspecified atom stereocenters. The molecule has 1 aromatic carbocycles. The summed E-state index contributed by atoms with van der Waals surface area (Å²) in [7, 11) is 3.36. The summed E-state index contributed by atoms with van der Waals surface area (Å²) < 4.78 is 12.6. The summed E-state index contributed by atoms with van der Waals surface area (Å²) in [5.41, 5.74) is 1.93. The number of aryl methyl sites for hydroxylation is 1. The third kappa shape index (κ3) is 8.15. The van der Waals surface area contributed by atoms with Crippen molar-refractivity contribution in [3.05, 3.63) is 65.6 Å². The second kappa shape index (κ2) is 14.9. The van der Waals surface area contributed by atoms with Crippen LogP contribution >= 0.6 is 0 Å². The van der Waals surface area contributed by atoms with E-state index in [2.05, 4.69) is 44.8 Å². The average molecular weight is 524 g/mol. The number of methoxy groups -OCH3 is 1. The van der Waals surface area contributed by atoms with Gasteiger partial charge in [0.05, 0.1) is 5.69 Å². The summed E-state index contributed by atoms with van der Waals surface area (Å²) >= 11 is 0. The number of carbonyl (C=O) groups excluding carboxylic acids is 1. The van der Waals surface area contributed by atoms with Gasteiger partial charge in [0.1, 0.15) is 5.82 Å². The number of oxime groups is 1. The van der Waals surface area contributed by atoms with Crippen LogP contribution in [0.1, 0.15) is 57.1 Å². The molecule has 0 bridgehead atoms. The summed E-state index contributed by atoms with van der Waals surface area (Å²) in [5.74, 6) is 0.732. The summed E-state index contributed by atoms with van der Waals surface area (Å²) in [6, 6.07) is 14.9. The second-order valence-electron chi connectivity index (χ2n) is 8.94. The Balaban J connectivity index is 1.68. The Bertz CT molecular complexity index is 1170. The van der Waals surface area contributed by atoms with E-state index in [-0.39, 0.29) is 30.6 Å². The standard InChI is InChI=1S/C27H37N7O4/c1-6-12-22(19(3)17-24(36-5)37-7-2)27(35)29-23-16-11-15-21(28-23)18-38-31-25(20-13-9-8-10-14-20)26-30-32-33-34(26)4/h8-11,13-16,19,22,24H,6-7,12,17-18H2,1-5H3,(H,28,29,35). The van der Waals surface area contributed by atoms with Gasteiger partial charge in [0, 0.05) is 38.7 Å². The van der Waals surface area contributed by atoms with E-state index < -0.39 is 0 Å². The minimum atomic E-state index is -0.334. The van der Waals surface area contributed by atoms with E-state index in [1.807, 2.05) is 49.4 Å². The number of aromatic nitrogens is 5. The van der Waals surface area contributed by atoms with Gasteiger partial charge in [-0.3, -0.25) is 4.79 Å². The van der Waals surface area contributed by atoms with E-state index in [0.29, 0.717) is 36.1 Å². The van der Waals surface area contributed by atoms with Crippen LogP contribution in [-0.2, 0) is 32.8 Å². The van der Waals surface area contributed by atoms with Crippen LogP contribution in [0.3, 0.4) is 0 Å². The van der Waals surface area contributed by atoms with Gasteiger partial charge in [0.2, 0.25) is 11.7 Å². The molecule has 11 nitrogen and oxygen atoms in total. The highest BCUT2D eigenvalue weighted by Crippen LogP contribution is 2.25. The maximum atomic E-state index is 13.2. The van der Waals surface area contributed by atoms with Crippen molar-refractivity contribution in [2.45, 2.75) is 52.9 Å². The van der Waals surface area contributed by atoms with Crippen LogP contribution in [0.4, 0.5) is 5.82 Å². The Morgan fingerprint density at radius 1 is 1.13 bits per heavy atom. The molecule has 0 radical (unpaired) electrons. The Morgan fingerprint density at radius 2 is 1.92 bits per heavy atom. The van der Waals surface area contributed by atoms with Gasteiger partial charge in [-0.15, -0.1) is 5.10 Å². The molecule has 0 saturated heterocycles. The first-order valence-corrected chi connectivity index (χ1v) is 12.9. The molecule has 2 heterocycles. The number of pyridine rings is 1. The van der Waals surface area contributed by atoms with E-state index in [9.17, 15) is 4.79 Å². The van der Waals surface area contributed by atoms with Gasteiger partial charge in [-0.2, -0.15) is 0 Å². The number of tetrazole rings is 1. The Morgan fingerprint density at radius 3 is 2.58 bits per heavy atom. The molecule has 2 aromatic heterocycles. The van der Waals surface area contributed by atoms with Crippen LogP contribution in [0, 0.1) is 11.8 Å². The maximum absolute atomic E-state index is 13.2. The fourth-order valence-corrected chi connectivity index (χ4v) is 4.13. The molecule has 3 rings (SSSR count). The van der Waals surface area contributed by atoms with Gasteiger partial charge >= 0.3 is 0 Å². The van der Waals surface area contributed by atoms with Crippen LogP contribution in [-0.4, -0.2) is 56.8 Å². The van der Waals surface area contributed by atoms with Crippen molar-refractivity contribution < 1.29 is 19.1 Å². The van der Waals surface area contributed by atoms with Crippen LogP contribution in [0.2, 0.25) is 0 Å². The fraction of sp³-hybridized carbons (Fsp3) is 0.481. The zero-order valence-corrected chi connectivity index (χ0v) is 22.7. The molecule has 38 heavy (non-hydrogen) atoms. The smallest absolute Gasteiger partial charge is 0.228 e. The number of amides is 1. The summed E-state index contributed by atoms with van der Waals surface area (Å²) in [5, 5.41) is 18.9. The first kappa shape index (κ1) is 28.9. The monoisotopic (exact) mass is 523 g/mol. The molecule has 0 aliphatic rings. The molecule has 0 saturated carbocycles. The van der Waals surface area contributed by atoms with Gasteiger partial charge < -0.3 is 19.6 Å². The predicted molar refractivity (Wildman–Crippen MR) is 143 cm³/mol. The average Bonchev–Trinajstić information content (AvgIpc) is 3.35. The van der Waals surface area contributed by atoms with E-state index in [0.717, 1.165) is 18.4 Å². The predicted octanol–water partition coefficient (Wildman–Crippen LogP) is 3.96. The van der Waals surface area contributed by atoms with Gasteiger partial charge in [-0.25, -0.2) is 9.67 Å². The van der Waals surface area contributed by atoms with Crippen LogP contribution < -0.4 is 5.32 Å². The molecule has 0 aliphatic carbocycles. The lowest BCUT2D eigenvalue weighted by Gasteiger charge is -2.26. The highest BCUT2D eigenvalue weighted by atomic mass is 16.7. The molecule has 0 aliphatic heterocycles. The summed E-state index contributed by atoms with van der Waals surface area (Å²) in [6.45, 7) is 6.71. The van der Waals surface area contributed by atoms with Crippen molar-refractivity contribution in [2.24, 2.45) is 24.0 Å². The van der Waals surface area contributed by atoms with Crippen molar-refractivity contribution in [1.82, 2.24) is 25.2 Å². The molecule has 204 valence electrons. The summed E-state index contributed by atoms with van der Waals surface area (Å²) in [4.78, 5) is 23.4. The molecule has 3 aromatic rings. The number of nitrogens with zero attached hydrogens (tertiary/aromatic N) is 6. The van der Waals surface area contributed by atoms with Crippen LogP contribution in [0.25, 0.3) is 0 Å². The topological polar surface area (TPSA) is 126 Å². The van der Waals surface area contributed by atoms with E-state index in [4.69, 9.17) is 14.3 Å². The zero-order valence-electron chi connectivity index (χ0n) is 22.7. The maximum Gasteiger partial charge on any atom is 0.228 e. The number of benzene rings is 1. The van der Waals surface area contributed by atoms with Gasteiger partial charge in [0.15, 0.2) is 18.6 Å². The normalized spacial score (nSPS) is 14.1. The third-order valence-electron chi connectivity index (χ3n) is 6.11. The minimum absolute atomic E-state index is 0.0683. The molecule has 1 N–H and O–H groups in total. The first-order chi connectivity index (χ1) is 18.5. The number of hydrogen-bond donors (Lipinski definition) is 1. The molecule has 0 spiro atoms. The van der Waals surface area contributed by atoms with E-state index in [1.165, 1.54) is 4.68 Å². The van der Waals surface area contributed by atoms with Crippen molar-refractivity contribution in [3.63, 3.8) is 0 Å². The van der Waals surface area contributed by atoms with Crippen LogP contribution in [0.5, 0.6) is 0 Å². The van der Waals surface area contributed by atoms with Crippen molar-refractivity contribution >= 4 is 17.4 Å². The molecule has 3 atom stereocenters. The number of carbonyl (C=O) groups is 1.